The number of aromatic nitrogens is 2. The van der Waals surface area contributed by atoms with Crippen molar-refractivity contribution in [1.29, 1.82) is 0 Å². The number of aryl methyl sites for hydroxylation is 1. The number of thioether (sulfide) groups is 1. The molecule has 3 heterocycles. The number of imide groups is 1. The molecule has 30 heavy (non-hydrogen) atoms. The van der Waals surface area contributed by atoms with Crippen molar-refractivity contribution in [2.75, 3.05) is 12.5 Å². The molecule has 4 rings (SSSR count). The van der Waals surface area contributed by atoms with Crippen molar-refractivity contribution in [2.24, 2.45) is 0 Å². The second kappa shape index (κ2) is 8.11. The van der Waals surface area contributed by atoms with Crippen LogP contribution >= 0.6 is 11.8 Å². The van der Waals surface area contributed by atoms with Gasteiger partial charge >= 0.3 is 5.97 Å². The number of rotatable bonds is 6. The summed E-state index contributed by atoms with van der Waals surface area (Å²) < 4.78 is 10.5. The van der Waals surface area contributed by atoms with Gasteiger partial charge in [-0.3, -0.25) is 14.5 Å². The average Bonchev–Trinajstić information content (AvgIpc) is 3.35. The fourth-order valence-electron chi connectivity index (χ4n) is 3.09. The second-order valence-corrected chi connectivity index (χ2v) is 7.30. The minimum atomic E-state index is -0.564. The van der Waals surface area contributed by atoms with Crippen LogP contribution in [0.4, 0.5) is 0 Å². The second-order valence-electron chi connectivity index (χ2n) is 6.37. The molecule has 0 saturated carbocycles. The summed E-state index contributed by atoms with van der Waals surface area (Å²) in [5.41, 5.74) is 1.35. The summed E-state index contributed by atoms with van der Waals surface area (Å²) in [6.45, 7) is 3.57. The number of esters is 1. The Morgan fingerprint density at radius 2 is 1.80 bits per heavy atom. The summed E-state index contributed by atoms with van der Waals surface area (Å²) >= 11 is 1.09. The first kappa shape index (κ1) is 19.8. The Bertz CT molecular complexity index is 1110. The lowest BCUT2D eigenvalue weighted by molar-refractivity contribution is 0.0519. The van der Waals surface area contributed by atoms with Crippen LogP contribution in [0.3, 0.4) is 0 Å². The maximum atomic E-state index is 12.6. The van der Waals surface area contributed by atoms with E-state index in [0.29, 0.717) is 33.4 Å². The van der Waals surface area contributed by atoms with Gasteiger partial charge in [0.05, 0.1) is 35.6 Å². The highest BCUT2D eigenvalue weighted by Crippen LogP contribution is 2.30. The normalized spacial score (nSPS) is 12.9. The minimum Gasteiger partial charge on any atom is -0.462 e. The third-order valence-electron chi connectivity index (χ3n) is 4.49. The van der Waals surface area contributed by atoms with Gasteiger partial charge in [-0.05, 0) is 38.1 Å². The van der Waals surface area contributed by atoms with Crippen molar-refractivity contribution in [3.63, 3.8) is 0 Å². The number of benzene rings is 1. The molecule has 0 spiro atoms. The Hall–Kier alpha value is -3.46. The highest BCUT2D eigenvalue weighted by atomic mass is 32.2. The molecule has 0 aliphatic carbocycles. The van der Waals surface area contributed by atoms with Crippen LogP contribution in [0.15, 0.2) is 52.1 Å². The van der Waals surface area contributed by atoms with Crippen LogP contribution in [-0.2, 0) is 4.74 Å². The summed E-state index contributed by atoms with van der Waals surface area (Å²) in [5, 5.41) is 0.309. The van der Waals surface area contributed by atoms with Gasteiger partial charge in [0.15, 0.2) is 11.6 Å². The number of furan rings is 1. The Kier molecular flexibility index (Phi) is 5.37. The molecule has 2 amide bonds. The largest absolute Gasteiger partial charge is 0.462 e. The third-order valence-corrected chi connectivity index (χ3v) is 5.44. The van der Waals surface area contributed by atoms with Crippen LogP contribution in [0.2, 0.25) is 0 Å². The molecule has 152 valence electrons. The van der Waals surface area contributed by atoms with Crippen molar-refractivity contribution in [3.8, 4) is 11.6 Å². The molecule has 0 bridgehead atoms. The van der Waals surface area contributed by atoms with E-state index in [-0.39, 0.29) is 29.9 Å². The number of carbonyl (C=O) groups excluding carboxylic acids is 3. The van der Waals surface area contributed by atoms with Crippen LogP contribution in [0.5, 0.6) is 0 Å². The fourth-order valence-corrected chi connectivity index (χ4v) is 4.10. The minimum absolute atomic E-state index is 0.00714. The van der Waals surface area contributed by atoms with Gasteiger partial charge in [-0.1, -0.05) is 23.9 Å². The lowest BCUT2D eigenvalue weighted by Crippen LogP contribution is -2.29. The summed E-state index contributed by atoms with van der Waals surface area (Å²) in [4.78, 5) is 47.7. The monoisotopic (exact) mass is 423 g/mol. The standard InChI is InChI=1S/C21H17N3O5S/c1-3-28-21(27)16-12(2)22-17(15-9-6-10-29-15)23-18(16)30-11-24-19(25)13-7-4-5-8-14(13)20(24)26/h4-10H,3,11H2,1-2H3. The maximum absolute atomic E-state index is 12.6. The van der Waals surface area contributed by atoms with Crippen LogP contribution in [0, 0.1) is 6.92 Å². The zero-order valence-electron chi connectivity index (χ0n) is 16.2. The molecule has 0 unspecified atom stereocenters. The maximum Gasteiger partial charge on any atom is 0.342 e. The molecule has 0 fully saturated rings. The molecule has 9 heteroatoms. The molecule has 1 aromatic carbocycles. The molecule has 0 radical (unpaired) electrons. The highest BCUT2D eigenvalue weighted by molar-refractivity contribution is 7.99. The van der Waals surface area contributed by atoms with E-state index in [0.717, 1.165) is 16.7 Å². The summed E-state index contributed by atoms with van der Waals surface area (Å²) in [5.74, 6) is -0.583. The van der Waals surface area contributed by atoms with Gasteiger partial charge < -0.3 is 9.15 Å². The van der Waals surface area contributed by atoms with Crippen molar-refractivity contribution < 1.29 is 23.5 Å². The molecule has 2 aromatic heterocycles. The van der Waals surface area contributed by atoms with E-state index in [1.165, 1.54) is 6.26 Å². The topological polar surface area (TPSA) is 103 Å². The molecule has 0 atom stereocenters. The van der Waals surface area contributed by atoms with Crippen molar-refractivity contribution >= 4 is 29.5 Å². The zero-order valence-corrected chi connectivity index (χ0v) is 17.1. The van der Waals surface area contributed by atoms with Crippen LogP contribution in [0.25, 0.3) is 11.6 Å². The summed E-state index contributed by atoms with van der Waals surface area (Å²) in [6.07, 6.45) is 1.50. The van der Waals surface area contributed by atoms with E-state index >= 15 is 0 Å². The van der Waals surface area contributed by atoms with E-state index in [1.54, 1.807) is 50.2 Å². The molecular formula is C21H17N3O5S. The Balaban J connectivity index is 1.66. The van der Waals surface area contributed by atoms with Gasteiger partial charge in [0, 0.05) is 0 Å². The van der Waals surface area contributed by atoms with Crippen LogP contribution in [-0.4, -0.2) is 45.1 Å². The molecule has 3 aromatic rings. The lowest BCUT2D eigenvalue weighted by Gasteiger charge is -2.15. The molecule has 1 aliphatic heterocycles. The Labute approximate surface area is 176 Å². The van der Waals surface area contributed by atoms with Gasteiger partial charge in [0.25, 0.3) is 11.8 Å². The van der Waals surface area contributed by atoms with E-state index in [4.69, 9.17) is 9.15 Å². The number of hydrogen-bond donors (Lipinski definition) is 0. The predicted molar refractivity (Wildman–Crippen MR) is 108 cm³/mol. The molecule has 8 nitrogen and oxygen atoms in total. The third kappa shape index (κ3) is 3.48. The first-order chi connectivity index (χ1) is 14.5. The molecule has 1 aliphatic rings. The summed E-state index contributed by atoms with van der Waals surface area (Å²) in [6, 6.07) is 10.1. The highest BCUT2D eigenvalue weighted by Gasteiger charge is 2.35. The van der Waals surface area contributed by atoms with Crippen molar-refractivity contribution in [2.45, 2.75) is 18.9 Å². The number of ether oxygens (including phenoxy) is 1. The molecular weight excluding hydrogens is 406 g/mol. The first-order valence-corrected chi connectivity index (χ1v) is 10.2. The SMILES string of the molecule is CCOC(=O)c1c(C)nc(-c2ccco2)nc1SCN1C(=O)c2ccccc2C1=O. The van der Waals surface area contributed by atoms with E-state index < -0.39 is 5.97 Å². The number of hydrogen-bond acceptors (Lipinski definition) is 8. The fraction of sp³-hybridized carbons (Fsp3) is 0.190. The predicted octanol–water partition coefficient (Wildman–Crippen LogP) is 3.57. The van der Waals surface area contributed by atoms with Gasteiger partial charge in [0.1, 0.15) is 10.6 Å². The Morgan fingerprint density at radius 3 is 2.40 bits per heavy atom. The summed E-state index contributed by atoms with van der Waals surface area (Å²) in [7, 11) is 0. The number of nitrogens with zero attached hydrogens (tertiary/aromatic N) is 3. The van der Waals surface area contributed by atoms with Crippen molar-refractivity contribution in [3.05, 3.63) is 65.0 Å². The smallest absolute Gasteiger partial charge is 0.342 e. The number of fused-ring (bicyclic) bond motifs is 1. The van der Waals surface area contributed by atoms with Crippen molar-refractivity contribution in [1.82, 2.24) is 14.9 Å². The van der Waals surface area contributed by atoms with Gasteiger partial charge in [-0.2, -0.15) is 0 Å². The number of amides is 2. The van der Waals surface area contributed by atoms with Gasteiger partial charge in [-0.25, -0.2) is 14.8 Å². The zero-order chi connectivity index (χ0) is 21.3. The van der Waals surface area contributed by atoms with E-state index in [9.17, 15) is 14.4 Å². The van der Waals surface area contributed by atoms with Crippen LogP contribution in [0.1, 0.15) is 43.7 Å². The Morgan fingerprint density at radius 1 is 1.10 bits per heavy atom. The molecule has 0 N–H and O–H groups in total. The number of carbonyl (C=O) groups is 3. The first-order valence-electron chi connectivity index (χ1n) is 9.19. The van der Waals surface area contributed by atoms with Crippen LogP contribution < -0.4 is 0 Å². The molecule has 0 saturated heterocycles. The van der Waals surface area contributed by atoms with Gasteiger partial charge in [-0.15, -0.1) is 0 Å². The quantitative estimate of drug-likeness (QED) is 0.257. The van der Waals surface area contributed by atoms with E-state index in [2.05, 4.69) is 9.97 Å². The van der Waals surface area contributed by atoms with E-state index in [1.807, 2.05) is 0 Å². The lowest BCUT2D eigenvalue weighted by atomic mass is 10.1. The average molecular weight is 423 g/mol. The van der Waals surface area contributed by atoms with Gasteiger partial charge in [0.2, 0.25) is 0 Å².